The van der Waals surface area contributed by atoms with Crippen LogP contribution < -0.4 is 15.0 Å². The molecule has 0 bridgehead atoms. The van der Waals surface area contributed by atoms with E-state index in [4.69, 9.17) is 9.15 Å². The van der Waals surface area contributed by atoms with Gasteiger partial charge in [-0.25, -0.2) is 0 Å². The zero-order valence-electron chi connectivity index (χ0n) is 13.8. The molecule has 6 nitrogen and oxygen atoms in total. The fraction of sp³-hybridized carbons (Fsp3) is 0.222. The number of rotatable bonds is 4. The van der Waals surface area contributed by atoms with Crippen molar-refractivity contribution in [2.24, 2.45) is 0 Å². The standard InChI is InChI=1S/C18H17N3O3S/c1-3-23-13-7-5-12(6-8-13)21-16(15-9-4-11(2)24-15)20-17(22)14(10-19)18(21)25/h4-9,16,25H,3H2,1-2H3,(H,20,22). The molecule has 0 fully saturated rings. The van der Waals surface area contributed by atoms with Crippen LogP contribution in [0, 0.1) is 18.3 Å². The Balaban J connectivity index is 2.07. The van der Waals surface area contributed by atoms with E-state index in [1.54, 1.807) is 11.0 Å². The SMILES string of the molecule is CCOc1ccc(N2C(S)=C(C#N)C(=O)NC2c2ccc(C)o2)cc1. The summed E-state index contributed by atoms with van der Waals surface area (Å²) in [5, 5.41) is 12.4. The Bertz CT molecular complexity index is 864. The molecule has 1 amide bonds. The van der Waals surface area contributed by atoms with Crippen molar-refractivity contribution in [3.63, 3.8) is 0 Å². The largest absolute Gasteiger partial charge is 0.494 e. The molecule has 0 spiro atoms. The van der Waals surface area contributed by atoms with Crippen molar-refractivity contribution < 1.29 is 13.9 Å². The number of nitrogens with one attached hydrogen (secondary N) is 1. The zero-order valence-corrected chi connectivity index (χ0v) is 14.7. The molecule has 1 atom stereocenters. The number of carbonyl (C=O) groups excluding carboxylic acids is 1. The van der Waals surface area contributed by atoms with Crippen LogP contribution in [0.2, 0.25) is 0 Å². The fourth-order valence-electron chi connectivity index (χ4n) is 2.65. The predicted molar refractivity (Wildman–Crippen MR) is 96.0 cm³/mol. The van der Waals surface area contributed by atoms with Crippen LogP contribution >= 0.6 is 12.6 Å². The van der Waals surface area contributed by atoms with Crippen LogP contribution in [0.15, 0.2) is 51.4 Å². The molecule has 1 aromatic carbocycles. The third-order valence-electron chi connectivity index (χ3n) is 3.77. The number of furan rings is 1. The van der Waals surface area contributed by atoms with E-state index in [2.05, 4.69) is 17.9 Å². The maximum Gasteiger partial charge on any atom is 0.266 e. The number of hydrogen-bond acceptors (Lipinski definition) is 6. The minimum Gasteiger partial charge on any atom is -0.494 e. The minimum atomic E-state index is -0.594. The highest BCUT2D eigenvalue weighted by Gasteiger charge is 2.35. The molecule has 0 radical (unpaired) electrons. The monoisotopic (exact) mass is 355 g/mol. The Morgan fingerprint density at radius 2 is 2.04 bits per heavy atom. The summed E-state index contributed by atoms with van der Waals surface area (Å²) in [7, 11) is 0. The maximum absolute atomic E-state index is 12.2. The second-order valence-corrected chi connectivity index (χ2v) is 5.86. The van der Waals surface area contributed by atoms with Crippen molar-refractivity contribution in [2.45, 2.75) is 20.0 Å². The highest BCUT2D eigenvalue weighted by Crippen LogP contribution is 2.36. The van der Waals surface area contributed by atoms with Crippen molar-refractivity contribution in [2.75, 3.05) is 11.5 Å². The zero-order chi connectivity index (χ0) is 18.0. The van der Waals surface area contributed by atoms with Crippen molar-refractivity contribution in [3.05, 3.63) is 58.5 Å². The number of nitriles is 1. The molecule has 128 valence electrons. The smallest absolute Gasteiger partial charge is 0.266 e. The second kappa shape index (κ2) is 6.95. The first-order valence-electron chi connectivity index (χ1n) is 7.77. The van der Waals surface area contributed by atoms with Gasteiger partial charge in [0, 0.05) is 5.69 Å². The van der Waals surface area contributed by atoms with Gasteiger partial charge >= 0.3 is 0 Å². The predicted octanol–water partition coefficient (Wildman–Crippen LogP) is 3.29. The number of nitrogens with zero attached hydrogens (tertiary/aromatic N) is 2. The quantitative estimate of drug-likeness (QED) is 0.823. The molecule has 1 N–H and O–H groups in total. The summed E-state index contributed by atoms with van der Waals surface area (Å²) < 4.78 is 11.1. The van der Waals surface area contributed by atoms with Gasteiger partial charge in [-0.15, -0.1) is 12.6 Å². The summed E-state index contributed by atoms with van der Waals surface area (Å²) in [6.45, 7) is 4.31. The first-order chi connectivity index (χ1) is 12.0. The van der Waals surface area contributed by atoms with E-state index in [-0.39, 0.29) is 10.6 Å². The number of anilines is 1. The molecule has 1 aromatic heterocycles. The van der Waals surface area contributed by atoms with Crippen LogP contribution in [0.25, 0.3) is 0 Å². The topological polar surface area (TPSA) is 78.5 Å². The Kier molecular flexibility index (Phi) is 4.72. The molecule has 1 aliphatic heterocycles. The minimum absolute atomic E-state index is 0.0447. The van der Waals surface area contributed by atoms with E-state index in [0.717, 1.165) is 17.2 Å². The van der Waals surface area contributed by atoms with E-state index in [1.807, 2.05) is 50.2 Å². The van der Waals surface area contributed by atoms with Gasteiger partial charge in [0.2, 0.25) is 0 Å². The van der Waals surface area contributed by atoms with Crippen LogP contribution in [-0.2, 0) is 4.79 Å². The Labute approximate surface area is 151 Å². The molecule has 7 heteroatoms. The van der Waals surface area contributed by atoms with E-state index in [9.17, 15) is 10.1 Å². The Morgan fingerprint density at radius 3 is 2.60 bits per heavy atom. The molecular weight excluding hydrogens is 338 g/mol. The van der Waals surface area contributed by atoms with Gasteiger partial charge in [-0.2, -0.15) is 5.26 Å². The lowest BCUT2D eigenvalue weighted by Crippen LogP contribution is -2.45. The summed E-state index contributed by atoms with van der Waals surface area (Å²) in [4.78, 5) is 14.0. The Morgan fingerprint density at radius 1 is 1.32 bits per heavy atom. The molecule has 0 saturated carbocycles. The number of amides is 1. The Hall–Kier alpha value is -2.85. The van der Waals surface area contributed by atoms with Gasteiger partial charge in [0.05, 0.1) is 11.6 Å². The first kappa shape index (κ1) is 17.0. The van der Waals surface area contributed by atoms with Crippen LogP contribution in [0.1, 0.15) is 24.6 Å². The molecule has 1 unspecified atom stereocenters. The molecule has 2 aromatic rings. The fourth-order valence-corrected chi connectivity index (χ4v) is 3.03. The molecule has 3 rings (SSSR count). The maximum atomic E-state index is 12.2. The average molecular weight is 355 g/mol. The van der Waals surface area contributed by atoms with E-state index < -0.39 is 12.1 Å². The van der Waals surface area contributed by atoms with Gasteiger partial charge in [-0.05, 0) is 50.2 Å². The number of carbonyl (C=O) groups is 1. The highest BCUT2D eigenvalue weighted by molar-refractivity contribution is 7.84. The third kappa shape index (κ3) is 3.21. The lowest BCUT2D eigenvalue weighted by atomic mass is 10.1. The van der Waals surface area contributed by atoms with Crippen LogP contribution in [-0.4, -0.2) is 12.5 Å². The number of ether oxygens (including phenoxy) is 1. The van der Waals surface area contributed by atoms with Gasteiger partial charge in [0.25, 0.3) is 5.91 Å². The third-order valence-corrected chi connectivity index (χ3v) is 4.21. The van der Waals surface area contributed by atoms with Gasteiger partial charge in [-0.3, -0.25) is 4.79 Å². The number of hydrogen-bond donors (Lipinski definition) is 2. The van der Waals surface area contributed by atoms with Gasteiger partial charge < -0.3 is 19.4 Å². The first-order valence-corrected chi connectivity index (χ1v) is 8.22. The summed E-state index contributed by atoms with van der Waals surface area (Å²) in [6, 6.07) is 12.9. The molecule has 0 saturated heterocycles. The van der Waals surface area contributed by atoms with Gasteiger partial charge in [0.1, 0.15) is 28.9 Å². The lowest BCUT2D eigenvalue weighted by Gasteiger charge is -2.36. The van der Waals surface area contributed by atoms with Crippen molar-refractivity contribution in [3.8, 4) is 11.8 Å². The molecule has 1 aliphatic rings. The van der Waals surface area contributed by atoms with Crippen molar-refractivity contribution in [1.82, 2.24) is 5.32 Å². The average Bonchev–Trinajstić information content (AvgIpc) is 3.02. The summed E-state index contributed by atoms with van der Waals surface area (Å²) in [5.74, 6) is 1.55. The molecular formula is C18H17N3O3S. The summed E-state index contributed by atoms with van der Waals surface area (Å²) in [5.41, 5.74) is 0.706. The van der Waals surface area contributed by atoms with Crippen LogP contribution in [0.3, 0.4) is 0 Å². The van der Waals surface area contributed by atoms with E-state index >= 15 is 0 Å². The second-order valence-electron chi connectivity index (χ2n) is 5.43. The summed E-state index contributed by atoms with van der Waals surface area (Å²) in [6.07, 6.45) is -0.594. The van der Waals surface area contributed by atoms with Crippen molar-refractivity contribution in [1.29, 1.82) is 5.26 Å². The molecule has 2 heterocycles. The normalized spacial score (nSPS) is 17.3. The van der Waals surface area contributed by atoms with Gasteiger partial charge in [0.15, 0.2) is 6.17 Å². The lowest BCUT2D eigenvalue weighted by molar-refractivity contribution is -0.118. The van der Waals surface area contributed by atoms with Crippen LogP contribution in [0.4, 0.5) is 5.69 Å². The van der Waals surface area contributed by atoms with Gasteiger partial charge in [-0.1, -0.05) is 0 Å². The number of aryl methyl sites for hydroxylation is 1. The van der Waals surface area contributed by atoms with E-state index in [0.29, 0.717) is 12.4 Å². The van der Waals surface area contributed by atoms with Crippen molar-refractivity contribution >= 4 is 24.2 Å². The highest BCUT2D eigenvalue weighted by atomic mass is 32.1. The number of benzene rings is 1. The number of thiol groups is 1. The summed E-state index contributed by atoms with van der Waals surface area (Å²) >= 11 is 4.43. The molecule has 25 heavy (non-hydrogen) atoms. The molecule has 0 aliphatic carbocycles. The van der Waals surface area contributed by atoms with Crippen LogP contribution in [0.5, 0.6) is 5.75 Å². The van der Waals surface area contributed by atoms with E-state index in [1.165, 1.54) is 0 Å².